The summed E-state index contributed by atoms with van der Waals surface area (Å²) >= 11 is 0. The van der Waals surface area contributed by atoms with Crippen molar-refractivity contribution in [2.75, 3.05) is 0 Å². The van der Waals surface area contributed by atoms with Crippen molar-refractivity contribution in [3.05, 3.63) is 76.4 Å². The highest BCUT2D eigenvalue weighted by molar-refractivity contribution is 5.88. The van der Waals surface area contributed by atoms with E-state index in [9.17, 15) is 15.3 Å². The molecule has 4 heteroatoms. The second-order valence-electron chi connectivity index (χ2n) is 9.14. The number of phenolic OH excluding ortho intramolecular Hbond substituents is 3. The molecule has 0 aliphatic rings. The predicted octanol–water partition coefficient (Wildman–Crippen LogP) is 7.96. The molecule has 0 fully saturated rings. The first-order valence-electron chi connectivity index (χ1n) is 11.4. The van der Waals surface area contributed by atoms with E-state index in [-0.39, 0.29) is 17.2 Å². The molecule has 174 valence electrons. The topological polar surface area (TPSA) is 73.8 Å². The van der Waals surface area contributed by atoms with Crippen LogP contribution in [0.1, 0.15) is 58.6 Å². The first-order chi connectivity index (χ1) is 15.7. The Kier molecular flexibility index (Phi) is 7.70. The Labute approximate surface area is 196 Å². The molecule has 4 nitrogen and oxygen atoms in total. The number of rotatable bonds is 8. The van der Waals surface area contributed by atoms with Crippen molar-refractivity contribution in [1.82, 2.24) is 0 Å². The quantitative estimate of drug-likeness (QED) is 0.307. The highest BCUT2D eigenvalue weighted by Crippen LogP contribution is 2.39. The Bertz CT molecular complexity index is 1230. The van der Waals surface area contributed by atoms with Crippen LogP contribution in [0.3, 0.4) is 0 Å². The van der Waals surface area contributed by atoms with Crippen LogP contribution >= 0.6 is 0 Å². The Hall–Kier alpha value is -3.40. The largest absolute Gasteiger partial charge is 0.508 e. The Balaban J connectivity index is 2.01. The molecule has 0 atom stereocenters. The zero-order valence-corrected chi connectivity index (χ0v) is 20.2. The summed E-state index contributed by atoms with van der Waals surface area (Å²) in [6.07, 6.45) is 9.45. The van der Waals surface area contributed by atoms with Crippen LogP contribution in [-0.4, -0.2) is 15.3 Å². The number of benzene rings is 2. The zero-order chi connectivity index (χ0) is 24.1. The van der Waals surface area contributed by atoms with E-state index in [1.807, 2.05) is 32.1 Å². The number of aromatic hydroxyl groups is 3. The van der Waals surface area contributed by atoms with Gasteiger partial charge in [0.05, 0.1) is 0 Å². The molecule has 1 heterocycles. The maximum absolute atomic E-state index is 10.6. The molecule has 0 bridgehead atoms. The van der Waals surface area contributed by atoms with Gasteiger partial charge < -0.3 is 19.7 Å². The minimum Gasteiger partial charge on any atom is -0.508 e. The third-order valence-electron chi connectivity index (χ3n) is 5.70. The normalized spacial score (nSPS) is 11.6. The number of furan rings is 1. The predicted molar refractivity (Wildman–Crippen MR) is 136 cm³/mol. The van der Waals surface area contributed by atoms with Crippen molar-refractivity contribution in [3.8, 4) is 28.6 Å². The molecule has 0 saturated carbocycles. The van der Waals surface area contributed by atoms with E-state index >= 15 is 0 Å². The summed E-state index contributed by atoms with van der Waals surface area (Å²) in [6, 6.07) is 8.36. The molecule has 1 aromatic heterocycles. The average Bonchev–Trinajstić information content (AvgIpc) is 3.15. The Morgan fingerprint density at radius 1 is 0.788 bits per heavy atom. The summed E-state index contributed by atoms with van der Waals surface area (Å²) in [5.41, 5.74) is 6.39. The number of hydrogen-bond donors (Lipinski definition) is 3. The monoisotopic (exact) mass is 446 g/mol. The van der Waals surface area contributed by atoms with E-state index < -0.39 is 0 Å². The van der Waals surface area contributed by atoms with Crippen molar-refractivity contribution >= 4 is 11.0 Å². The van der Waals surface area contributed by atoms with E-state index in [1.54, 1.807) is 12.1 Å². The van der Waals surface area contributed by atoms with Crippen molar-refractivity contribution in [2.45, 2.75) is 60.3 Å². The van der Waals surface area contributed by atoms with Crippen LogP contribution < -0.4 is 0 Å². The first-order valence-corrected chi connectivity index (χ1v) is 11.4. The smallest absolute Gasteiger partial charge is 0.142 e. The molecule has 0 saturated heterocycles. The third kappa shape index (κ3) is 6.10. The summed E-state index contributed by atoms with van der Waals surface area (Å²) in [7, 11) is 0. The molecule has 2 aromatic carbocycles. The van der Waals surface area contributed by atoms with Gasteiger partial charge in [-0.15, -0.1) is 0 Å². The minimum atomic E-state index is -0.0260. The summed E-state index contributed by atoms with van der Waals surface area (Å²) < 4.78 is 6.23. The van der Waals surface area contributed by atoms with Crippen LogP contribution in [-0.2, 0) is 12.8 Å². The highest BCUT2D eigenvalue weighted by Gasteiger charge is 2.18. The van der Waals surface area contributed by atoms with Gasteiger partial charge in [-0.05, 0) is 84.6 Å². The van der Waals surface area contributed by atoms with E-state index in [1.165, 1.54) is 17.2 Å². The van der Waals surface area contributed by atoms with Gasteiger partial charge in [-0.1, -0.05) is 34.9 Å². The van der Waals surface area contributed by atoms with Crippen LogP contribution in [0.4, 0.5) is 0 Å². The summed E-state index contributed by atoms with van der Waals surface area (Å²) in [6.45, 7) is 10.3. The van der Waals surface area contributed by atoms with Gasteiger partial charge in [-0.2, -0.15) is 0 Å². The molecule has 0 radical (unpaired) electrons. The molecule has 3 rings (SSSR count). The van der Waals surface area contributed by atoms with Crippen molar-refractivity contribution in [3.63, 3.8) is 0 Å². The van der Waals surface area contributed by atoms with Gasteiger partial charge in [0.2, 0.25) is 0 Å². The van der Waals surface area contributed by atoms with Crippen LogP contribution in [0.15, 0.2) is 69.7 Å². The summed E-state index contributed by atoms with van der Waals surface area (Å²) in [5, 5.41) is 32.0. The molecular weight excluding hydrogens is 412 g/mol. The van der Waals surface area contributed by atoms with E-state index in [2.05, 4.69) is 32.9 Å². The lowest BCUT2D eigenvalue weighted by Crippen LogP contribution is -1.89. The lowest BCUT2D eigenvalue weighted by molar-refractivity contribution is 0.446. The maximum Gasteiger partial charge on any atom is 0.142 e. The van der Waals surface area contributed by atoms with Gasteiger partial charge >= 0.3 is 0 Å². The molecule has 3 N–H and O–H groups in total. The van der Waals surface area contributed by atoms with Gasteiger partial charge in [0.15, 0.2) is 0 Å². The van der Waals surface area contributed by atoms with Crippen molar-refractivity contribution in [1.29, 1.82) is 0 Å². The van der Waals surface area contributed by atoms with E-state index in [0.717, 1.165) is 29.4 Å². The standard InChI is InChI=1S/C29H34O4/c1-18(2)7-6-8-20(5)10-13-24-26(31)14-11-21-15-28(33-29(21)24)25-16-22(30)17-27(32)23(25)12-9-19(3)4/h7,9-11,14-17,30-32H,6,8,12-13H2,1-5H3. The van der Waals surface area contributed by atoms with Crippen LogP contribution in [0.25, 0.3) is 22.3 Å². The molecule has 0 aliphatic carbocycles. The zero-order valence-electron chi connectivity index (χ0n) is 20.2. The average molecular weight is 447 g/mol. The summed E-state index contributed by atoms with van der Waals surface area (Å²) in [4.78, 5) is 0. The maximum atomic E-state index is 10.6. The number of phenols is 3. The Morgan fingerprint density at radius 2 is 1.48 bits per heavy atom. The van der Waals surface area contributed by atoms with Crippen LogP contribution in [0.5, 0.6) is 17.2 Å². The van der Waals surface area contributed by atoms with Crippen molar-refractivity contribution in [2.24, 2.45) is 0 Å². The SMILES string of the molecule is CC(C)=CCCC(C)=CCc1c(O)ccc2cc(-c3cc(O)cc(O)c3CC=C(C)C)oc12. The third-order valence-corrected chi connectivity index (χ3v) is 5.70. The number of allylic oxidation sites excluding steroid dienone is 6. The van der Waals surface area contributed by atoms with Gasteiger partial charge in [-0.3, -0.25) is 0 Å². The lowest BCUT2D eigenvalue weighted by Gasteiger charge is -2.09. The molecule has 0 amide bonds. The molecule has 33 heavy (non-hydrogen) atoms. The fraction of sp³-hybridized carbons (Fsp3) is 0.310. The molecule has 0 unspecified atom stereocenters. The van der Waals surface area contributed by atoms with Crippen LogP contribution in [0.2, 0.25) is 0 Å². The fourth-order valence-corrected chi connectivity index (χ4v) is 3.83. The lowest BCUT2D eigenvalue weighted by atomic mass is 9.99. The first kappa shape index (κ1) is 24.2. The number of fused-ring (bicyclic) bond motifs is 1. The minimum absolute atomic E-state index is 0.0260. The molecule has 3 aromatic rings. The second kappa shape index (κ2) is 10.5. The molecular formula is C29H34O4. The summed E-state index contributed by atoms with van der Waals surface area (Å²) in [5.74, 6) is 0.743. The Morgan fingerprint density at radius 3 is 2.18 bits per heavy atom. The highest BCUT2D eigenvalue weighted by atomic mass is 16.3. The van der Waals surface area contributed by atoms with Gasteiger partial charge in [0.1, 0.15) is 28.6 Å². The molecule has 0 aliphatic heterocycles. The number of hydrogen-bond acceptors (Lipinski definition) is 4. The van der Waals surface area contributed by atoms with Gasteiger partial charge in [0, 0.05) is 28.1 Å². The van der Waals surface area contributed by atoms with Crippen LogP contribution in [0, 0.1) is 0 Å². The van der Waals surface area contributed by atoms with Gasteiger partial charge in [0.25, 0.3) is 0 Å². The second-order valence-corrected chi connectivity index (χ2v) is 9.14. The van der Waals surface area contributed by atoms with Crippen molar-refractivity contribution < 1.29 is 19.7 Å². The van der Waals surface area contributed by atoms with Gasteiger partial charge in [-0.25, -0.2) is 0 Å². The molecule has 0 spiro atoms. The van der Waals surface area contributed by atoms with E-state index in [4.69, 9.17) is 4.42 Å². The van der Waals surface area contributed by atoms with E-state index in [0.29, 0.717) is 35.3 Å². The fourth-order valence-electron chi connectivity index (χ4n) is 3.83.